The zero-order chi connectivity index (χ0) is 34.2. The molecule has 50 heavy (non-hydrogen) atoms. The predicted octanol–water partition coefficient (Wildman–Crippen LogP) is 7.16. The van der Waals surface area contributed by atoms with E-state index in [0.29, 0.717) is 30.9 Å². The van der Waals surface area contributed by atoms with Gasteiger partial charge in [-0.25, -0.2) is 19.0 Å². The standard InChI is InChI=1S/C28H24N4O2.C11H10BrN3O/c33-25(20-10-11-20)18-26-29-27-8-4-7-24(32(27)30-26)21-12-13-23-22(17-21)15-16-31(23)28(34)14-9-19-5-2-1-3-6-19;12-9-2-1-3-11-13-10(14-15(9)11)6-8(16)7-4-5-7/h1-8,12-13,15-17,20H,9-11,14,18H2;1-3,7H,4-6H2. The second-order valence-electron chi connectivity index (χ2n) is 13.0. The largest absolute Gasteiger partial charge is 0.299 e. The molecule has 0 saturated heterocycles. The van der Waals surface area contributed by atoms with Crippen LogP contribution in [-0.2, 0) is 28.9 Å². The van der Waals surface area contributed by atoms with Crippen molar-refractivity contribution in [2.45, 2.75) is 51.4 Å². The number of aryl methyl sites for hydroxylation is 1. The first-order valence-corrected chi connectivity index (χ1v) is 17.8. The summed E-state index contributed by atoms with van der Waals surface area (Å²) in [6, 6.07) is 29.6. The van der Waals surface area contributed by atoms with Crippen LogP contribution in [0.5, 0.6) is 0 Å². The van der Waals surface area contributed by atoms with Gasteiger partial charge in [-0.15, -0.1) is 5.10 Å². The molecule has 9 rings (SSSR count). The molecule has 0 radical (unpaired) electrons. The first kappa shape index (κ1) is 31.9. The van der Waals surface area contributed by atoms with E-state index in [1.807, 2.05) is 91.1 Å². The maximum Gasteiger partial charge on any atom is 0.231 e. The van der Waals surface area contributed by atoms with Crippen LogP contribution in [0.1, 0.15) is 54.1 Å². The molecule has 10 nitrogen and oxygen atoms in total. The van der Waals surface area contributed by atoms with Crippen LogP contribution in [0.15, 0.2) is 102 Å². The molecule has 0 atom stereocenters. The number of carbonyl (C=O) groups excluding carboxylic acids is 3. The fraction of sp³-hybridized carbons (Fsp3) is 0.256. The van der Waals surface area contributed by atoms with Gasteiger partial charge in [0.15, 0.2) is 22.9 Å². The average Bonchev–Trinajstić information content (AvgIpc) is 4.04. The molecule has 0 N–H and O–H groups in total. The summed E-state index contributed by atoms with van der Waals surface area (Å²) in [7, 11) is 0. The van der Waals surface area contributed by atoms with Crippen molar-refractivity contribution in [3.05, 3.63) is 119 Å². The number of ketones is 2. The third kappa shape index (κ3) is 6.91. The average molecular weight is 729 g/mol. The molecule has 0 unspecified atom stereocenters. The highest BCUT2D eigenvalue weighted by Gasteiger charge is 2.31. The molecular weight excluding hydrogens is 694 g/mol. The van der Waals surface area contributed by atoms with E-state index in [1.165, 1.54) is 0 Å². The van der Waals surface area contributed by atoms with E-state index < -0.39 is 0 Å². The number of benzene rings is 2. The van der Waals surface area contributed by atoms with E-state index in [2.05, 4.69) is 42.2 Å². The first-order chi connectivity index (χ1) is 24.4. The molecule has 2 fully saturated rings. The third-order valence-electron chi connectivity index (χ3n) is 9.22. The number of rotatable bonds is 10. The minimum absolute atomic E-state index is 0.0787. The number of fused-ring (bicyclic) bond motifs is 3. The summed E-state index contributed by atoms with van der Waals surface area (Å²) in [5, 5.41) is 9.92. The van der Waals surface area contributed by atoms with Crippen LogP contribution in [-0.4, -0.2) is 51.2 Å². The molecule has 0 aliphatic heterocycles. The molecular formula is C39H34BrN7O3. The van der Waals surface area contributed by atoms with Gasteiger partial charge in [-0.1, -0.05) is 48.5 Å². The highest BCUT2D eigenvalue weighted by molar-refractivity contribution is 9.10. The quantitative estimate of drug-likeness (QED) is 0.137. The Hall–Kier alpha value is -5.29. The van der Waals surface area contributed by atoms with Crippen molar-refractivity contribution >= 4 is 55.6 Å². The molecule has 5 aromatic heterocycles. The van der Waals surface area contributed by atoms with Crippen molar-refractivity contribution in [2.75, 3.05) is 0 Å². The molecule has 2 saturated carbocycles. The monoisotopic (exact) mass is 727 g/mol. The summed E-state index contributed by atoms with van der Waals surface area (Å²) >= 11 is 3.39. The Kier molecular flexibility index (Phi) is 8.66. The Bertz CT molecular complexity index is 2390. The van der Waals surface area contributed by atoms with E-state index in [-0.39, 0.29) is 29.3 Å². The Morgan fingerprint density at radius 3 is 2.00 bits per heavy atom. The van der Waals surface area contributed by atoms with Crippen LogP contribution in [0.2, 0.25) is 0 Å². The smallest absolute Gasteiger partial charge is 0.231 e. The molecule has 250 valence electrons. The van der Waals surface area contributed by atoms with E-state index in [1.54, 1.807) is 13.6 Å². The maximum atomic E-state index is 12.9. The number of aromatic nitrogens is 7. The number of halogens is 1. The highest BCUT2D eigenvalue weighted by atomic mass is 79.9. The predicted molar refractivity (Wildman–Crippen MR) is 193 cm³/mol. The summed E-state index contributed by atoms with van der Waals surface area (Å²) in [5.74, 6) is 2.24. The van der Waals surface area contributed by atoms with Gasteiger partial charge in [-0.05, 0) is 96.1 Å². The summed E-state index contributed by atoms with van der Waals surface area (Å²) in [4.78, 5) is 45.6. The zero-order valence-corrected chi connectivity index (χ0v) is 28.9. The normalized spacial score (nSPS) is 14.2. The Balaban J connectivity index is 0.000000188. The van der Waals surface area contributed by atoms with Crippen molar-refractivity contribution in [3.63, 3.8) is 0 Å². The van der Waals surface area contributed by atoms with Gasteiger partial charge in [-0.3, -0.25) is 19.0 Å². The number of pyridine rings is 2. The van der Waals surface area contributed by atoms with E-state index in [0.717, 1.165) is 75.7 Å². The van der Waals surface area contributed by atoms with Crippen LogP contribution in [0.25, 0.3) is 33.5 Å². The molecule has 0 bridgehead atoms. The van der Waals surface area contributed by atoms with Gasteiger partial charge >= 0.3 is 0 Å². The molecule has 2 aliphatic carbocycles. The Morgan fingerprint density at radius 1 is 0.700 bits per heavy atom. The van der Waals surface area contributed by atoms with Gasteiger partial charge in [-0.2, -0.15) is 5.10 Å². The third-order valence-corrected chi connectivity index (χ3v) is 9.82. The molecule has 2 aromatic carbocycles. The lowest BCUT2D eigenvalue weighted by atomic mass is 10.1. The summed E-state index contributed by atoms with van der Waals surface area (Å²) < 4.78 is 6.09. The Morgan fingerprint density at radius 2 is 1.34 bits per heavy atom. The van der Waals surface area contributed by atoms with Crippen LogP contribution in [0.3, 0.4) is 0 Å². The van der Waals surface area contributed by atoms with E-state index in [9.17, 15) is 14.4 Å². The Labute approximate surface area is 296 Å². The van der Waals surface area contributed by atoms with Crippen molar-refractivity contribution in [2.24, 2.45) is 11.8 Å². The zero-order valence-electron chi connectivity index (χ0n) is 27.3. The fourth-order valence-electron chi connectivity index (χ4n) is 6.18. The highest BCUT2D eigenvalue weighted by Crippen LogP contribution is 2.32. The molecule has 0 spiro atoms. The molecule has 2 aliphatic rings. The minimum Gasteiger partial charge on any atom is -0.299 e. The van der Waals surface area contributed by atoms with Crippen LogP contribution >= 0.6 is 15.9 Å². The number of nitrogens with zero attached hydrogens (tertiary/aromatic N) is 7. The van der Waals surface area contributed by atoms with Crippen molar-refractivity contribution in [1.82, 2.24) is 33.8 Å². The van der Waals surface area contributed by atoms with Gasteiger partial charge in [0.05, 0.1) is 24.1 Å². The lowest BCUT2D eigenvalue weighted by molar-refractivity contribution is -0.120. The van der Waals surface area contributed by atoms with E-state index >= 15 is 0 Å². The van der Waals surface area contributed by atoms with Gasteiger partial charge in [0.1, 0.15) is 16.2 Å². The second kappa shape index (κ2) is 13.5. The lowest BCUT2D eigenvalue weighted by Crippen LogP contribution is -2.10. The van der Waals surface area contributed by atoms with Gasteiger partial charge in [0.2, 0.25) is 5.91 Å². The SMILES string of the molecule is O=C(Cc1nc2cccc(-c3ccc4c(ccn4C(=O)CCc4ccccc4)c3)n2n1)C1CC1.O=C(Cc1nc2cccc(Br)n2n1)C1CC1. The van der Waals surface area contributed by atoms with Crippen LogP contribution in [0, 0.1) is 11.8 Å². The van der Waals surface area contributed by atoms with Gasteiger partial charge in [0.25, 0.3) is 0 Å². The molecule has 7 aromatic rings. The molecule has 5 heterocycles. The summed E-state index contributed by atoms with van der Waals surface area (Å²) in [6.07, 6.45) is 7.73. The first-order valence-electron chi connectivity index (χ1n) is 17.0. The van der Waals surface area contributed by atoms with Gasteiger partial charge in [0, 0.05) is 35.4 Å². The van der Waals surface area contributed by atoms with Crippen molar-refractivity contribution in [1.29, 1.82) is 0 Å². The minimum atomic E-state index is 0.0787. The van der Waals surface area contributed by atoms with Gasteiger partial charge < -0.3 is 0 Å². The summed E-state index contributed by atoms with van der Waals surface area (Å²) in [6.45, 7) is 0. The number of hydrogen-bond donors (Lipinski definition) is 0. The lowest BCUT2D eigenvalue weighted by Gasteiger charge is -2.07. The maximum absolute atomic E-state index is 12.9. The topological polar surface area (TPSA) is 117 Å². The van der Waals surface area contributed by atoms with E-state index in [4.69, 9.17) is 0 Å². The van der Waals surface area contributed by atoms with Crippen LogP contribution in [0.4, 0.5) is 0 Å². The number of Topliss-reactive ketones (excluding diaryl/α,β-unsaturated/α-hetero) is 2. The van der Waals surface area contributed by atoms with Crippen LogP contribution < -0.4 is 0 Å². The van der Waals surface area contributed by atoms with Crippen molar-refractivity contribution in [3.8, 4) is 11.3 Å². The number of hydrogen-bond acceptors (Lipinski definition) is 7. The summed E-state index contributed by atoms with van der Waals surface area (Å²) in [5.41, 5.74) is 5.44. The molecule has 11 heteroatoms. The second-order valence-corrected chi connectivity index (χ2v) is 13.8. The number of carbonyl (C=O) groups is 3. The molecule has 0 amide bonds. The van der Waals surface area contributed by atoms with Crippen molar-refractivity contribution < 1.29 is 14.4 Å². The fourth-order valence-corrected chi connectivity index (χ4v) is 6.60.